The molecular weight excluding hydrogens is 194 g/mol. The Morgan fingerprint density at radius 1 is 1.50 bits per heavy atom. The van der Waals surface area contributed by atoms with Crippen molar-refractivity contribution >= 4 is 11.8 Å². The topological polar surface area (TPSA) is 21.3 Å². The molecule has 0 aromatic rings. The zero-order valence-electron chi connectivity index (χ0n) is 9.64. The van der Waals surface area contributed by atoms with Gasteiger partial charge in [-0.15, -0.1) is 0 Å². The number of rotatable bonds is 6. The van der Waals surface area contributed by atoms with Gasteiger partial charge in [0.25, 0.3) is 0 Å². The van der Waals surface area contributed by atoms with Gasteiger partial charge in [0, 0.05) is 7.11 Å². The standard InChI is InChI=1S/C11H23NOS/c1-11(2,13-3)5-6-12-8-10-4-7-14-9-10/h10,12H,4-9H2,1-3H3. The molecule has 0 spiro atoms. The number of ether oxygens (including phenoxy) is 1. The van der Waals surface area contributed by atoms with Crippen LogP contribution < -0.4 is 5.32 Å². The van der Waals surface area contributed by atoms with Gasteiger partial charge in [-0.2, -0.15) is 11.8 Å². The largest absolute Gasteiger partial charge is 0.379 e. The van der Waals surface area contributed by atoms with Gasteiger partial charge in [-0.05, 0) is 57.2 Å². The third kappa shape index (κ3) is 4.67. The third-order valence-electron chi connectivity index (χ3n) is 2.91. The lowest BCUT2D eigenvalue weighted by Crippen LogP contribution is -2.31. The van der Waals surface area contributed by atoms with E-state index in [1.165, 1.54) is 24.5 Å². The van der Waals surface area contributed by atoms with Crippen LogP contribution in [0, 0.1) is 5.92 Å². The number of thioether (sulfide) groups is 1. The average molecular weight is 217 g/mol. The fourth-order valence-electron chi connectivity index (χ4n) is 1.54. The van der Waals surface area contributed by atoms with E-state index in [1.807, 2.05) is 0 Å². The molecule has 1 aliphatic rings. The molecule has 0 radical (unpaired) electrons. The van der Waals surface area contributed by atoms with Crippen LogP contribution in [-0.4, -0.2) is 37.3 Å². The van der Waals surface area contributed by atoms with Crippen molar-refractivity contribution in [2.45, 2.75) is 32.3 Å². The Kier molecular flexibility index (Phi) is 5.28. The maximum Gasteiger partial charge on any atom is 0.0634 e. The summed E-state index contributed by atoms with van der Waals surface area (Å²) in [6, 6.07) is 0. The van der Waals surface area contributed by atoms with E-state index in [0.29, 0.717) is 0 Å². The van der Waals surface area contributed by atoms with Crippen molar-refractivity contribution in [1.29, 1.82) is 0 Å². The van der Waals surface area contributed by atoms with E-state index in [2.05, 4.69) is 30.9 Å². The van der Waals surface area contributed by atoms with Gasteiger partial charge in [0.1, 0.15) is 0 Å². The monoisotopic (exact) mass is 217 g/mol. The van der Waals surface area contributed by atoms with Crippen molar-refractivity contribution in [3.63, 3.8) is 0 Å². The Balaban J connectivity index is 1.98. The molecule has 0 bridgehead atoms. The van der Waals surface area contributed by atoms with Crippen molar-refractivity contribution in [2.24, 2.45) is 5.92 Å². The molecule has 1 unspecified atom stereocenters. The number of hydrogen-bond acceptors (Lipinski definition) is 3. The summed E-state index contributed by atoms with van der Waals surface area (Å²) in [7, 11) is 1.79. The molecule has 0 aromatic heterocycles. The van der Waals surface area contributed by atoms with Gasteiger partial charge in [-0.3, -0.25) is 0 Å². The quantitative estimate of drug-likeness (QED) is 0.689. The van der Waals surface area contributed by atoms with Crippen LogP contribution in [0.15, 0.2) is 0 Å². The smallest absolute Gasteiger partial charge is 0.0634 e. The van der Waals surface area contributed by atoms with Gasteiger partial charge in [-0.25, -0.2) is 0 Å². The van der Waals surface area contributed by atoms with Crippen LogP contribution in [0.3, 0.4) is 0 Å². The lowest BCUT2D eigenvalue weighted by molar-refractivity contribution is 0.0158. The summed E-state index contributed by atoms with van der Waals surface area (Å²) in [6.07, 6.45) is 2.48. The van der Waals surface area contributed by atoms with Crippen LogP contribution >= 0.6 is 11.8 Å². The molecule has 14 heavy (non-hydrogen) atoms. The molecule has 0 saturated carbocycles. The lowest BCUT2D eigenvalue weighted by Gasteiger charge is -2.23. The molecule has 1 rings (SSSR count). The summed E-state index contributed by atoms with van der Waals surface area (Å²) >= 11 is 2.09. The van der Waals surface area contributed by atoms with E-state index < -0.39 is 0 Å². The van der Waals surface area contributed by atoms with Crippen molar-refractivity contribution in [1.82, 2.24) is 5.32 Å². The maximum absolute atomic E-state index is 5.37. The predicted molar refractivity (Wildman–Crippen MR) is 64.0 cm³/mol. The molecule has 0 aliphatic carbocycles. The zero-order valence-corrected chi connectivity index (χ0v) is 10.5. The van der Waals surface area contributed by atoms with Crippen molar-refractivity contribution in [3.8, 4) is 0 Å². The minimum Gasteiger partial charge on any atom is -0.379 e. The van der Waals surface area contributed by atoms with Gasteiger partial charge < -0.3 is 10.1 Å². The summed E-state index contributed by atoms with van der Waals surface area (Å²) in [4.78, 5) is 0. The van der Waals surface area contributed by atoms with E-state index >= 15 is 0 Å². The van der Waals surface area contributed by atoms with Crippen LogP contribution in [0.4, 0.5) is 0 Å². The van der Waals surface area contributed by atoms with Gasteiger partial charge in [0.15, 0.2) is 0 Å². The molecule has 1 atom stereocenters. The van der Waals surface area contributed by atoms with Gasteiger partial charge in [-0.1, -0.05) is 0 Å². The maximum atomic E-state index is 5.37. The zero-order chi connectivity index (χ0) is 10.4. The Morgan fingerprint density at radius 3 is 2.86 bits per heavy atom. The average Bonchev–Trinajstić information content (AvgIpc) is 2.65. The van der Waals surface area contributed by atoms with Crippen molar-refractivity contribution in [3.05, 3.63) is 0 Å². The minimum atomic E-state index is 0.0252. The highest BCUT2D eigenvalue weighted by molar-refractivity contribution is 7.99. The molecule has 3 heteroatoms. The molecular formula is C11H23NOS. The fourth-order valence-corrected chi connectivity index (χ4v) is 2.83. The number of hydrogen-bond donors (Lipinski definition) is 1. The number of methoxy groups -OCH3 is 1. The van der Waals surface area contributed by atoms with Crippen LogP contribution in [0.25, 0.3) is 0 Å². The first-order valence-electron chi connectivity index (χ1n) is 5.48. The first-order chi connectivity index (χ1) is 6.64. The summed E-state index contributed by atoms with van der Waals surface area (Å²) in [5.41, 5.74) is 0.0252. The Labute approximate surface area is 92.2 Å². The Morgan fingerprint density at radius 2 is 2.29 bits per heavy atom. The highest BCUT2D eigenvalue weighted by atomic mass is 32.2. The summed E-state index contributed by atoms with van der Waals surface area (Å²) in [5, 5.41) is 3.52. The third-order valence-corrected chi connectivity index (χ3v) is 4.14. The fraction of sp³-hybridized carbons (Fsp3) is 1.00. The van der Waals surface area contributed by atoms with Crippen LogP contribution in [0.5, 0.6) is 0 Å². The minimum absolute atomic E-state index is 0.0252. The second-order valence-electron chi connectivity index (χ2n) is 4.65. The molecule has 0 amide bonds. The predicted octanol–water partition coefficient (Wildman–Crippen LogP) is 2.14. The van der Waals surface area contributed by atoms with Crippen molar-refractivity contribution < 1.29 is 4.74 Å². The molecule has 1 heterocycles. The molecule has 1 N–H and O–H groups in total. The van der Waals surface area contributed by atoms with Gasteiger partial charge >= 0.3 is 0 Å². The summed E-state index contributed by atoms with van der Waals surface area (Å²) < 4.78 is 5.37. The van der Waals surface area contributed by atoms with Gasteiger partial charge in [0.2, 0.25) is 0 Å². The van der Waals surface area contributed by atoms with Gasteiger partial charge in [0.05, 0.1) is 5.60 Å². The lowest BCUT2D eigenvalue weighted by atomic mass is 10.0. The molecule has 1 fully saturated rings. The second-order valence-corrected chi connectivity index (χ2v) is 5.80. The normalized spacial score (nSPS) is 22.9. The molecule has 84 valence electrons. The SMILES string of the molecule is COC(C)(C)CCNCC1CCSC1. The van der Waals surface area contributed by atoms with E-state index in [0.717, 1.165) is 18.9 Å². The Bertz CT molecular complexity index is 155. The molecule has 1 saturated heterocycles. The summed E-state index contributed by atoms with van der Waals surface area (Å²) in [5.74, 6) is 3.61. The highest BCUT2D eigenvalue weighted by Crippen LogP contribution is 2.22. The first kappa shape index (κ1) is 12.3. The highest BCUT2D eigenvalue weighted by Gasteiger charge is 2.17. The van der Waals surface area contributed by atoms with E-state index in [1.54, 1.807) is 7.11 Å². The van der Waals surface area contributed by atoms with Crippen LogP contribution in [0.1, 0.15) is 26.7 Å². The van der Waals surface area contributed by atoms with E-state index in [9.17, 15) is 0 Å². The summed E-state index contributed by atoms with van der Waals surface area (Å²) in [6.45, 7) is 6.54. The van der Waals surface area contributed by atoms with Crippen LogP contribution in [-0.2, 0) is 4.74 Å². The van der Waals surface area contributed by atoms with Crippen molar-refractivity contribution in [2.75, 3.05) is 31.7 Å². The second kappa shape index (κ2) is 5.99. The number of nitrogens with one attached hydrogen (secondary N) is 1. The first-order valence-corrected chi connectivity index (χ1v) is 6.63. The van der Waals surface area contributed by atoms with E-state index in [4.69, 9.17) is 4.74 Å². The van der Waals surface area contributed by atoms with E-state index in [-0.39, 0.29) is 5.60 Å². The van der Waals surface area contributed by atoms with Crippen LogP contribution in [0.2, 0.25) is 0 Å². The molecule has 0 aromatic carbocycles. The Hall–Kier alpha value is 0.270. The molecule has 2 nitrogen and oxygen atoms in total. The molecule has 1 aliphatic heterocycles.